The second-order valence-electron chi connectivity index (χ2n) is 5.29. The molecular weight excluding hydrogens is 270 g/mol. The molecule has 6 heteroatoms. The fourth-order valence-corrected chi connectivity index (χ4v) is 2.55. The highest BCUT2D eigenvalue weighted by atomic mass is 16.5. The van der Waals surface area contributed by atoms with E-state index in [1.165, 1.54) is 12.8 Å². The first kappa shape index (κ1) is 13.9. The topological polar surface area (TPSA) is 71.5 Å². The second-order valence-corrected chi connectivity index (χ2v) is 5.29. The number of likely N-dealkylation sites (tertiary alicyclic amines) is 1. The van der Waals surface area contributed by atoms with Crippen LogP contribution in [0, 0.1) is 0 Å². The maximum Gasteiger partial charge on any atom is 0.240 e. The molecule has 0 spiro atoms. The molecule has 0 aliphatic carbocycles. The SMILES string of the molecule is O=C(CN1CCCCCC1)Nc1cc(-c2ccco2)no1. The van der Waals surface area contributed by atoms with Crippen LogP contribution >= 0.6 is 0 Å². The lowest BCUT2D eigenvalue weighted by molar-refractivity contribution is -0.117. The summed E-state index contributed by atoms with van der Waals surface area (Å²) in [5.74, 6) is 0.895. The van der Waals surface area contributed by atoms with Gasteiger partial charge in [-0.3, -0.25) is 15.0 Å². The van der Waals surface area contributed by atoms with E-state index in [0.717, 1.165) is 25.9 Å². The molecule has 112 valence electrons. The predicted molar refractivity (Wildman–Crippen MR) is 77.7 cm³/mol. The molecule has 0 radical (unpaired) electrons. The van der Waals surface area contributed by atoms with Crippen LogP contribution in [0.2, 0.25) is 0 Å². The Morgan fingerprint density at radius 2 is 2.10 bits per heavy atom. The Morgan fingerprint density at radius 1 is 1.29 bits per heavy atom. The molecule has 2 aromatic rings. The number of carbonyl (C=O) groups is 1. The minimum atomic E-state index is -0.0703. The smallest absolute Gasteiger partial charge is 0.240 e. The lowest BCUT2D eigenvalue weighted by Gasteiger charge is -2.18. The molecule has 1 amide bonds. The van der Waals surface area contributed by atoms with Crippen molar-refractivity contribution < 1.29 is 13.7 Å². The van der Waals surface area contributed by atoms with E-state index in [1.54, 1.807) is 24.5 Å². The van der Waals surface area contributed by atoms with Gasteiger partial charge in [0.2, 0.25) is 11.8 Å². The van der Waals surface area contributed by atoms with Crippen molar-refractivity contribution >= 4 is 11.8 Å². The van der Waals surface area contributed by atoms with Crippen LogP contribution in [0.25, 0.3) is 11.5 Å². The maximum atomic E-state index is 12.0. The molecule has 1 saturated heterocycles. The molecule has 1 aliphatic heterocycles. The molecule has 0 saturated carbocycles. The third-order valence-electron chi connectivity index (χ3n) is 3.61. The predicted octanol–water partition coefficient (Wildman–Crippen LogP) is 2.75. The van der Waals surface area contributed by atoms with Crippen molar-refractivity contribution in [2.24, 2.45) is 0 Å². The number of aromatic nitrogens is 1. The molecule has 1 fully saturated rings. The molecule has 0 aromatic carbocycles. The summed E-state index contributed by atoms with van der Waals surface area (Å²) < 4.78 is 10.3. The van der Waals surface area contributed by atoms with E-state index in [0.29, 0.717) is 23.9 Å². The van der Waals surface area contributed by atoms with Gasteiger partial charge in [-0.05, 0) is 38.1 Å². The minimum absolute atomic E-state index is 0.0703. The lowest BCUT2D eigenvalue weighted by atomic mass is 10.2. The average Bonchev–Trinajstić information content (AvgIpc) is 3.07. The molecular formula is C15H19N3O3. The number of carbonyl (C=O) groups excluding carboxylic acids is 1. The highest BCUT2D eigenvalue weighted by molar-refractivity contribution is 5.91. The van der Waals surface area contributed by atoms with E-state index < -0.39 is 0 Å². The summed E-state index contributed by atoms with van der Waals surface area (Å²) in [6, 6.07) is 5.24. The minimum Gasteiger partial charge on any atom is -0.463 e. The number of amides is 1. The van der Waals surface area contributed by atoms with Gasteiger partial charge in [0.15, 0.2) is 11.5 Å². The van der Waals surface area contributed by atoms with Crippen LogP contribution in [0.1, 0.15) is 25.7 Å². The molecule has 6 nitrogen and oxygen atoms in total. The van der Waals surface area contributed by atoms with Crippen molar-refractivity contribution in [1.82, 2.24) is 10.1 Å². The van der Waals surface area contributed by atoms with Crippen LogP contribution in [-0.4, -0.2) is 35.6 Å². The van der Waals surface area contributed by atoms with E-state index >= 15 is 0 Å². The number of hydrogen-bond donors (Lipinski definition) is 1. The molecule has 0 bridgehead atoms. The van der Waals surface area contributed by atoms with E-state index in [4.69, 9.17) is 8.94 Å². The van der Waals surface area contributed by atoms with E-state index in [9.17, 15) is 4.79 Å². The van der Waals surface area contributed by atoms with E-state index in [1.807, 2.05) is 0 Å². The summed E-state index contributed by atoms with van der Waals surface area (Å²) in [5.41, 5.74) is 0.574. The third kappa shape index (κ3) is 3.72. The standard InChI is InChI=1S/C15H19N3O3/c19-14(11-18-7-3-1-2-4-8-18)16-15-10-12(17-21-15)13-6-5-9-20-13/h5-6,9-10H,1-4,7-8,11H2,(H,16,19). The Morgan fingerprint density at radius 3 is 2.81 bits per heavy atom. The van der Waals surface area contributed by atoms with Crippen LogP contribution in [-0.2, 0) is 4.79 Å². The van der Waals surface area contributed by atoms with Crippen LogP contribution < -0.4 is 5.32 Å². The number of anilines is 1. The number of nitrogens with one attached hydrogen (secondary N) is 1. The maximum absolute atomic E-state index is 12.0. The Kier molecular flexibility index (Phi) is 4.35. The highest BCUT2D eigenvalue weighted by Gasteiger charge is 2.15. The molecule has 1 N–H and O–H groups in total. The second kappa shape index (κ2) is 6.58. The first-order valence-electron chi connectivity index (χ1n) is 7.34. The number of rotatable bonds is 4. The van der Waals surface area contributed by atoms with Gasteiger partial charge in [-0.15, -0.1) is 0 Å². The Bertz CT molecular complexity index is 569. The number of furan rings is 1. The molecule has 3 heterocycles. The summed E-state index contributed by atoms with van der Waals surface area (Å²) in [5, 5.41) is 6.62. The van der Waals surface area contributed by atoms with E-state index in [-0.39, 0.29) is 5.91 Å². The van der Waals surface area contributed by atoms with Gasteiger partial charge in [0.1, 0.15) is 0 Å². The number of hydrogen-bond acceptors (Lipinski definition) is 5. The summed E-state index contributed by atoms with van der Waals surface area (Å²) in [6.07, 6.45) is 6.41. The van der Waals surface area contributed by atoms with Gasteiger partial charge in [0.25, 0.3) is 0 Å². The molecule has 21 heavy (non-hydrogen) atoms. The van der Waals surface area contributed by atoms with Crippen molar-refractivity contribution in [2.75, 3.05) is 25.0 Å². The normalized spacial score (nSPS) is 16.6. The van der Waals surface area contributed by atoms with Crippen molar-refractivity contribution in [3.63, 3.8) is 0 Å². The van der Waals surface area contributed by atoms with Crippen molar-refractivity contribution in [3.05, 3.63) is 24.5 Å². The Labute approximate surface area is 123 Å². The van der Waals surface area contributed by atoms with Crippen LogP contribution in [0.3, 0.4) is 0 Å². The van der Waals surface area contributed by atoms with Crippen molar-refractivity contribution in [2.45, 2.75) is 25.7 Å². The summed E-state index contributed by atoms with van der Waals surface area (Å²) >= 11 is 0. The Hall–Kier alpha value is -2.08. The fraction of sp³-hybridized carbons (Fsp3) is 0.467. The quantitative estimate of drug-likeness (QED) is 0.937. The van der Waals surface area contributed by atoms with Crippen molar-refractivity contribution in [3.8, 4) is 11.5 Å². The van der Waals surface area contributed by atoms with Crippen LogP contribution in [0.5, 0.6) is 0 Å². The van der Waals surface area contributed by atoms with Crippen LogP contribution in [0.15, 0.2) is 33.4 Å². The summed E-state index contributed by atoms with van der Waals surface area (Å²) in [6.45, 7) is 2.37. The largest absolute Gasteiger partial charge is 0.463 e. The van der Waals surface area contributed by atoms with Gasteiger partial charge in [0, 0.05) is 6.07 Å². The zero-order valence-corrected chi connectivity index (χ0v) is 11.9. The zero-order valence-electron chi connectivity index (χ0n) is 11.9. The first-order chi connectivity index (χ1) is 10.3. The van der Waals surface area contributed by atoms with Crippen molar-refractivity contribution in [1.29, 1.82) is 0 Å². The fourth-order valence-electron chi connectivity index (χ4n) is 2.55. The summed E-state index contributed by atoms with van der Waals surface area (Å²) in [7, 11) is 0. The average molecular weight is 289 g/mol. The van der Waals surface area contributed by atoms with E-state index in [2.05, 4.69) is 15.4 Å². The zero-order chi connectivity index (χ0) is 14.5. The molecule has 1 aliphatic rings. The van der Waals surface area contributed by atoms with Gasteiger partial charge in [-0.1, -0.05) is 18.0 Å². The van der Waals surface area contributed by atoms with Gasteiger partial charge in [-0.2, -0.15) is 0 Å². The highest BCUT2D eigenvalue weighted by Crippen LogP contribution is 2.21. The summed E-state index contributed by atoms with van der Waals surface area (Å²) in [4.78, 5) is 14.2. The first-order valence-corrected chi connectivity index (χ1v) is 7.34. The molecule has 0 atom stereocenters. The monoisotopic (exact) mass is 289 g/mol. The molecule has 2 aromatic heterocycles. The molecule has 3 rings (SSSR count). The van der Waals surface area contributed by atoms with Gasteiger partial charge < -0.3 is 8.94 Å². The third-order valence-corrected chi connectivity index (χ3v) is 3.61. The van der Waals surface area contributed by atoms with Gasteiger partial charge in [0.05, 0.1) is 12.8 Å². The van der Waals surface area contributed by atoms with Gasteiger partial charge >= 0.3 is 0 Å². The van der Waals surface area contributed by atoms with Crippen LogP contribution in [0.4, 0.5) is 5.88 Å². The molecule has 0 unspecified atom stereocenters. The lowest BCUT2D eigenvalue weighted by Crippen LogP contribution is -2.33. The number of nitrogens with zero attached hydrogens (tertiary/aromatic N) is 2. The Balaban J connectivity index is 1.55. The van der Waals surface area contributed by atoms with Gasteiger partial charge in [-0.25, -0.2) is 0 Å².